The maximum Gasteiger partial charge on any atom is 0.369 e. The summed E-state index contributed by atoms with van der Waals surface area (Å²) in [4.78, 5) is 29.1. The summed E-state index contributed by atoms with van der Waals surface area (Å²) in [6.07, 6.45) is 0.620. The average molecular weight is 419 g/mol. The first-order chi connectivity index (χ1) is 14.5. The fourth-order valence-electron chi connectivity index (χ4n) is 3.74. The number of nitrogens with zero attached hydrogens (tertiary/aromatic N) is 2. The molecule has 0 unspecified atom stereocenters. The molecule has 0 bridgehead atoms. The van der Waals surface area contributed by atoms with Crippen LogP contribution in [0.15, 0.2) is 64.2 Å². The topological polar surface area (TPSA) is 94.2 Å². The van der Waals surface area contributed by atoms with Crippen LogP contribution in [0.25, 0.3) is 26.3 Å². The van der Waals surface area contributed by atoms with Gasteiger partial charge in [0.25, 0.3) is 5.56 Å². The van der Waals surface area contributed by atoms with E-state index >= 15 is 0 Å². The van der Waals surface area contributed by atoms with Gasteiger partial charge in [-0.05, 0) is 54.5 Å². The number of fused-ring (bicyclic) bond motifs is 2. The Balaban J connectivity index is 1.58. The number of phenols is 1. The van der Waals surface area contributed by atoms with Crippen molar-refractivity contribution >= 4 is 32.5 Å². The number of aromatic nitrogens is 4. The summed E-state index contributed by atoms with van der Waals surface area (Å²) < 4.78 is 4.14. The molecule has 0 aliphatic heterocycles. The second-order valence-electron chi connectivity index (χ2n) is 7.21. The van der Waals surface area contributed by atoms with E-state index in [9.17, 15) is 14.7 Å². The minimum absolute atomic E-state index is 0.160. The molecule has 0 atom stereocenters. The summed E-state index contributed by atoms with van der Waals surface area (Å²) in [5.41, 5.74) is 2.77. The largest absolute Gasteiger partial charge is 0.508 e. The number of aromatic amines is 2. The minimum atomic E-state index is -0.191. The number of hydrogen-bond donors (Lipinski definition) is 2. The van der Waals surface area contributed by atoms with E-state index < -0.39 is 0 Å². The molecule has 8 heteroatoms. The molecule has 3 aromatic heterocycles. The molecule has 5 rings (SSSR count). The molecule has 0 radical (unpaired) electrons. The highest BCUT2D eigenvalue weighted by molar-refractivity contribution is 7.20. The summed E-state index contributed by atoms with van der Waals surface area (Å²) in [6.45, 7) is 2.25. The summed E-state index contributed by atoms with van der Waals surface area (Å²) in [7, 11) is 0. The number of pyridine rings is 1. The second kappa shape index (κ2) is 7.00. The summed E-state index contributed by atoms with van der Waals surface area (Å²) in [5.74, 6) is 0.208. The van der Waals surface area contributed by atoms with Gasteiger partial charge in [-0.2, -0.15) is 0 Å². The Morgan fingerprint density at radius 2 is 1.87 bits per heavy atom. The zero-order valence-electron chi connectivity index (χ0n) is 16.2. The third-order valence-electron chi connectivity index (χ3n) is 5.32. The fourth-order valence-corrected chi connectivity index (χ4v) is 4.70. The monoisotopic (exact) mass is 419 g/mol. The number of benzene rings is 2. The molecule has 0 aliphatic rings. The number of H-pyrrole nitrogens is 2. The summed E-state index contributed by atoms with van der Waals surface area (Å²) in [5, 5.41) is 13.7. The highest BCUT2D eigenvalue weighted by Crippen LogP contribution is 2.21. The maximum absolute atomic E-state index is 13.2. The van der Waals surface area contributed by atoms with Gasteiger partial charge in [0, 0.05) is 18.3 Å². The molecular formula is C22H19N4O3S+. The standard InChI is InChI=1S/C22H18N4O3S/c1-13-20-17(12-19(28)25(13)11-10-14-6-8-15(27)9-7-14)24-26(21(20)29)22-23-16-4-2-3-5-18(16)30-22/h2-9,12,24,27H,10-11H2,1H3/p+1. The van der Waals surface area contributed by atoms with Crippen molar-refractivity contribution in [3.63, 3.8) is 0 Å². The zero-order valence-corrected chi connectivity index (χ0v) is 17.0. The molecular weight excluding hydrogens is 400 g/mol. The summed E-state index contributed by atoms with van der Waals surface area (Å²) in [6, 6.07) is 16.2. The Bertz CT molecular complexity index is 1470. The van der Waals surface area contributed by atoms with Crippen molar-refractivity contribution in [1.82, 2.24) is 14.3 Å². The van der Waals surface area contributed by atoms with Gasteiger partial charge in [-0.1, -0.05) is 28.9 Å². The van der Waals surface area contributed by atoms with E-state index in [0.29, 0.717) is 34.7 Å². The van der Waals surface area contributed by atoms with E-state index in [2.05, 4.69) is 10.1 Å². The SMILES string of the molecule is Cc1c2c(=O)n(-c3[nH+]c4ccccc4s3)[nH]c2cc(=O)n1CCc1ccc(O)cc1. The van der Waals surface area contributed by atoms with Crippen LogP contribution in [0.5, 0.6) is 5.75 Å². The quantitative estimate of drug-likeness (QED) is 0.469. The van der Waals surface area contributed by atoms with Crippen molar-refractivity contribution in [2.24, 2.45) is 0 Å². The van der Waals surface area contributed by atoms with Gasteiger partial charge in [0.05, 0.1) is 10.2 Å². The molecule has 0 fully saturated rings. The number of aromatic hydroxyl groups is 1. The molecule has 0 saturated carbocycles. The van der Waals surface area contributed by atoms with Gasteiger partial charge >= 0.3 is 10.7 Å². The van der Waals surface area contributed by atoms with Gasteiger partial charge < -0.3 is 9.67 Å². The Labute approximate surface area is 174 Å². The van der Waals surface area contributed by atoms with Crippen molar-refractivity contribution in [2.75, 3.05) is 0 Å². The maximum atomic E-state index is 13.2. The van der Waals surface area contributed by atoms with Crippen LogP contribution in [0.2, 0.25) is 0 Å². The first-order valence-electron chi connectivity index (χ1n) is 9.55. The van der Waals surface area contributed by atoms with Crippen LogP contribution in [0.3, 0.4) is 0 Å². The lowest BCUT2D eigenvalue weighted by Crippen LogP contribution is -2.24. The van der Waals surface area contributed by atoms with Crippen molar-refractivity contribution in [3.8, 4) is 10.9 Å². The van der Waals surface area contributed by atoms with Crippen molar-refractivity contribution < 1.29 is 10.1 Å². The van der Waals surface area contributed by atoms with Crippen LogP contribution in [0, 0.1) is 6.92 Å². The second-order valence-corrected chi connectivity index (χ2v) is 8.24. The Morgan fingerprint density at radius 1 is 1.10 bits per heavy atom. The van der Waals surface area contributed by atoms with Gasteiger partial charge in [-0.15, -0.1) is 0 Å². The van der Waals surface area contributed by atoms with Crippen molar-refractivity contribution in [1.29, 1.82) is 0 Å². The molecule has 5 aromatic rings. The number of para-hydroxylation sites is 1. The molecule has 3 N–H and O–H groups in total. The van der Waals surface area contributed by atoms with E-state index in [-0.39, 0.29) is 16.9 Å². The number of phenolic OH excluding ortho intramolecular Hbond substituents is 1. The normalized spacial score (nSPS) is 11.5. The lowest BCUT2D eigenvalue weighted by atomic mass is 10.1. The van der Waals surface area contributed by atoms with E-state index in [4.69, 9.17) is 0 Å². The van der Waals surface area contributed by atoms with Crippen LogP contribution >= 0.6 is 11.3 Å². The van der Waals surface area contributed by atoms with Gasteiger partial charge in [0.2, 0.25) is 0 Å². The fraction of sp³-hybridized carbons (Fsp3) is 0.136. The lowest BCUT2D eigenvalue weighted by Gasteiger charge is -2.09. The summed E-state index contributed by atoms with van der Waals surface area (Å²) >= 11 is 1.47. The molecule has 0 spiro atoms. The molecule has 3 heterocycles. The van der Waals surface area contributed by atoms with Gasteiger partial charge in [0.1, 0.15) is 16.7 Å². The van der Waals surface area contributed by atoms with Crippen LogP contribution in [-0.4, -0.2) is 19.5 Å². The molecule has 7 nitrogen and oxygen atoms in total. The smallest absolute Gasteiger partial charge is 0.369 e. The van der Waals surface area contributed by atoms with Crippen LogP contribution < -0.4 is 16.1 Å². The number of rotatable bonds is 4. The number of aryl methyl sites for hydroxylation is 2. The highest BCUT2D eigenvalue weighted by Gasteiger charge is 2.22. The first-order valence-corrected chi connectivity index (χ1v) is 10.4. The van der Waals surface area contributed by atoms with Gasteiger partial charge in [0.15, 0.2) is 0 Å². The zero-order chi connectivity index (χ0) is 20.8. The number of thiazole rings is 1. The van der Waals surface area contributed by atoms with E-state index in [1.165, 1.54) is 22.1 Å². The first kappa shape index (κ1) is 18.4. The van der Waals surface area contributed by atoms with Gasteiger partial charge in [-0.3, -0.25) is 4.79 Å². The number of hydrogen-bond acceptors (Lipinski definition) is 4. The van der Waals surface area contributed by atoms with Crippen LogP contribution in [0.4, 0.5) is 0 Å². The molecule has 0 saturated heterocycles. The molecule has 30 heavy (non-hydrogen) atoms. The van der Waals surface area contributed by atoms with Crippen LogP contribution in [0.1, 0.15) is 11.3 Å². The van der Waals surface area contributed by atoms with E-state index in [0.717, 1.165) is 15.8 Å². The van der Waals surface area contributed by atoms with Crippen molar-refractivity contribution in [3.05, 3.63) is 86.6 Å². The lowest BCUT2D eigenvalue weighted by molar-refractivity contribution is -0.334. The Hall–Kier alpha value is -3.65. The van der Waals surface area contributed by atoms with Crippen molar-refractivity contribution in [2.45, 2.75) is 19.9 Å². The minimum Gasteiger partial charge on any atom is -0.508 e. The predicted molar refractivity (Wildman–Crippen MR) is 117 cm³/mol. The van der Waals surface area contributed by atoms with E-state index in [1.54, 1.807) is 23.6 Å². The average Bonchev–Trinajstić information content (AvgIpc) is 3.30. The molecule has 0 amide bonds. The third-order valence-corrected chi connectivity index (χ3v) is 6.37. The van der Waals surface area contributed by atoms with Crippen LogP contribution in [-0.2, 0) is 13.0 Å². The molecule has 0 aliphatic carbocycles. The predicted octanol–water partition coefficient (Wildman–Crippen LogP) is 2.77. The Morgan fingerprint density at radius 3 is 2.63 bits per heavy atom. The molecule has 2 aromatic carbocycles. The third kappa shape index (κ3) is 3.02. The molecule has 150 valence electrons. The number of nitrogens with one attached hydrogen (secondary N) is 2. The Kier molecular flexibility index (Phi) is 4.29. The highest BCUT2D eigenvalue weighted by atomic mass is 32.1. The van der Waals surface area contributed by atoms with Gasteiger partial charge in [-0.25, -0.2) is 14.9 Å². The van der Waals surface area contributed by atoms with E-state index in [1.807, 2.05) is 36.4 Å².